The Hall–Kier alpha value is -2.14. The van der Waals surface area contributed by atoms with Crippen LogP contribution < -0.4 is 0 Å². The summed E-state index contributed by atoms with van der Waals surface area (Å²) in [5.74, 6) is -0.413. The van der Waals surface area contributed by atoms with Crippen LogP contribution in [0, 0.1) is 0 Å². The lowest BCUT2D eigenvalue weighted by molar-refractivity contribution is -0.163. The summed E-state index contributed by atoms with van der Waals surface area (Å²) in [5, 5.41) is 0. The maximum Gasteiger partial charge on any atom is 0.306 e. The maximum atomic E-state index is 12.7. The maximum absolute atomic E-state index is 12.7. The fraction of sp³-hybridized carbons (Fsp3) is 0.804. The van der Waals surface area contributed by atoms with Crippen molar-refractivity contribution >= 4 is 11.9 Å². The van der Waals surface area contributed by atoms with E-state index in [0.29, 0.717) is 19.4 Å². The van der Waals surface area contributed by atoms with Crippen LogP contribution in [0.3, 0.4) is 0 Å². The first-order valence-electron chi connectivity index (χ1n) is 24.2. The summed E-state index contributed by atoms with van der Waals surface area (Å²) < 4.78 is 17.3. The summed E-state index contributed by atoms with van der Waals surface area (Å²) in [7, 11) is 0. The minimum absolute atomic E-state index is 0.0760. The predicted molar refractivity (Wildman–Crippen MR) is 242 cm³/mol. The van der Waals surface area contributed by atoms with Gasteiger partial charge in [0.25, 0.3) is 0 Å². The number of hydrogen-bond acceptors (Lipinski definition) is 5. The largest absolute Gasteiger partial charge is 0.462 e. The van der Waals surface area contributed by atoms with Crippen molar-refractivity contribution in [1.29, 1.82) is 0 Å². The Bertz CT molecular complexity index is 935. The molecule has 0 aliphatic carbocycles. The van der Waals surface area contributed by atoms with Crippen LogP contribution in [0.4, 0.5) is 0 Å². The van der Waals surface area contributed by atoms with Gasteiger partial charge in [-0.25, -0.2) is 0 Å². The van der Waals surface area contributed by atoms with E-state index >= 15 is 0 Å². The molecule has 0 fully saturated rings. The monoisotopic (exact) mass is 785 g/mol. The molecular formula is C51H92O5. The number of carbonyl (C=O) groups excluding carboxylic acids is 2. The van der Waals surface area contributed by atoms with Gasteiger partial charge in [-0.2, -0.15) is 0 Å². The van der Waals surface area contributed by atoms with E-state index in [1.807, 2.05) is 0 Å². The van der Waals surface area contributed by atoms with Crippen molar-refractivity contribution in [3.8, 4) is 0 Å². The topological polar surface area (TPSA) is 61.8 Å². The van der Waals surface area contributed by atoms with E-state index in [-0.39, 0.29) is 25.2 Å². The highest BCUT2D eigenvalue weighted by molar-refractivity contribution is 5.70. The first kappa shape index (κ1) is 53.9. The molecule has 326 valence electrons. The third-order valence-corrected chi connectivity index (χ3v) is 10.3. The Kier molecular flexibility index (Phi) is 45.4. The summed E-state index contributed by atoms with van der Waals surface area (Å²) in [6, 6.07) is 0. The predicted octanol–water partition coefficient (Wildman–Crippen LogP) is 16.0. The fourth-order valence-corrected chi connectivity index (χ4v) is 6.69. The van der Waals surface area contributed by atoms with Gasteiger partial charge in [-0.15, -0.1) is 0 Å². The van der Waals surface area contributed by atoms with Crippen LogP contribution in [-0.2, 0) is 23.8 Å². The van der Waals surface area contributed by atoms with Gasteiger partial charge in [0.05, 0.1) is 6.61 Å². The molecule has 0 rings (SSSR count). The zero-order chi connectivity index (χ0) is 40.7. The average molecular weight is 785 g/mol. The Labute approximate surface area is 348 Å². The Morgan fingerprint density at radius 1 is 0.393 bits per heavy atom. The molecule has 0 aromatic rings. The van der Waals surface area contributed by atoms with Gasteiger partial charge >= 0.3 is 11.9 Å². The number of esters is 2. The molecule has 0 aromatic heterocycles. The molecule has 0 heterocycles. The summed E-state index contributed by atoms with van der Waals surface area (Å²) in [4.78, 5) is 25.3. The number of unbranched alkanes of at least 4 members (excludes halogenated alkanes) is 25. The molecule has 0 aliphatic rings. The van der Waals surface area contributed by atoms with Crippen LogP contribution >= 0.6 is 0 Å². The number of rotatable bonds is 44. The average Bonchev–Trinajstić information content (AvgIpc) is 3.20. The lowest BCUT2D eigenvalue weighted by atomic mass is 10.1. The molecule has 1 unspecified atom stereocenters. The summed E-state index contributed by atoms with van der Waals surface area (Å²) in [6.45, 7) is 7.71. The first-order valence-corrected chi connectivity index (χ1v) is 24.2. The highest BCUT2D eigenvalue weighted by Gasteiger charge is 2.17. The van der Waals surface area contributed by atoms with E-state index in [4.69, 9.17) is 14.2 Å². The van der Waals surface area contributed by atoms with Crippen molar-refractivity contribution in [2.45, 2.75) is 245 Å². The smallest absolute Gasteiger partial charge is 0.306 e. The molecular weight excluding hydrogens is 693 g/mol. The Morgan fingerprint density at radius 3 is 1.29 bits per heavy atom. The molecule has 0 saturated heterocycles. The van der Waals surface area contributed by atoms with Crippen LogP contribution in [0.2, 0.25) is 0 Å². The van der Waals surface area contributed by atoms with Gasteiger partial charge in [0.15, 0.2) is 6.10 Å². The fourth-order valence-electron chi connectivity index (χ4n) is 6.69. The molecule has 0 aromatic carbocycles. The van der Waals surface area contributed by atoms with Crippen molar-refractivity contribution in [1.82, 2.24) is 0 Å². The second-order valence-electron chi connectivity index (χ2n) is 16.0. The van der Waals surface area contributed by atoms with Gasteiger partial charge in [0.1, 0.15) is 6.61 Å². The second-order valence-corrected chi connectivity index (χ2v) is 16.0. The van der Waals surface area contributed by atoms with Gasteiger partial charge in [-0.1, -0.05) is 198 Å². The number of allylic oxidation sites excluding steroid dienone is 8. The molecule has 0 spiro atoms. The highest BCUT2D eigenvalue weighted by Crippen LogP contribution is 2.14. The summed E-state index contributed by atoms with van der Waals surface area (Å²) in [6.07, 6.45) is 56.8. The first-order chi connectivity index (χ1) is 27.6. The number of hydrogen-bond donors (Lipinski definition) is 0. The molecule has 1 atom stereocenters. The van der Waals surface area contributed by atoms with Crippen molar-refractivity contribution in [2.75, 3.05) is 19.8 Å². The van der Waals surface area contributed by atoms with Crippen LogP contribution in [0.1, 0.15) is 239 Å². The molecule has 0 bridgehead atoms. The van der Waals surface area contributed by atoms with E-state index in [0.717, 1.165) is 64.2 Å². The highest BCUT2D eigenvalue weighted by atomic mass is 16.6. The minimum atomic E-state index is -0.543. The van der Waals surface area contributed by atoms with Gasteiger partial charge in [0.2, 0.25) is 0 Å². The molecule has 0 saturated carbocycles. The molecule has 0 radical (unpaired) electrons. The Morgan fingerprint density at radius 2 is 0.786 bits per heavy atom. The van der Waals surface area contributed by atoms with E-state index < -0.39 is 6.10 Å². The number of ether oxygens (including phenoxy) is 3. The molecule has 0 aliphatic heterocycles. The molecule has 0 amide bonds. The Balaban J connectivity index is 4.27. The van der Waals surface area contributed by atoms with Crippen molar-refractivity contribution < 1.29 is 23.8 Å². The zero-order valence-corrected chi connectivity index (χ0v) is 37.4. The molecule has 5 nitrogen and oxygen atoms in total. The molecule has 5 heteroatoms. The number of carbonyl (C=O) groups is 2. The van der Waals surface area contributed by atoms with Crippen molar-refractivity contribution in [3.05, 3.63) is 48.6 Å². The quantitative estimate of drug-likeness (QED) is 0.0350. The summed E-state index contributed by atoms with van der Waals surface area (Å²) >= 11 is 0. The van der Waals surface area contributed by atoms with E-state index in [1.165, 1.54) is 141 Å². The van der Waals surface area contributed by atoms with Crippen LogP contribution in [0.5, 0.6) is 0 Å². The van der Waals surface area contributed by atoms with Crippen molar-refractivity contribution in [3.63, 3.8) is 0 Å². The van der Waals surface area contributed by atoms with E-state index in [9.17, 15) is 9.59 Å². The van der Waals surface area contributed by atoms with Gasteiger partial charge in [-0.3, -0.25) is 9.59 Å². The van der Waals surface area contributed by atoms with Crippen molar-refractivity contribution in [2.24, 2.45) is 0 Å². The zero-order valence-electron chi connectivity index (χ0n) is 37.4. The normalized spacial score (nSPS) is 12.6. The lowest BCUT2D eigenvalue weighted by Gasteiger charge is -2.18. The van der Waals surface area contributed by atoms with Crippen LogP contribution in [0.25, 0.3) is 0 Å². The SMILES string of the molecule is CCC/C=C\C/C=C\CCCCCCCCOCC(COC(=O)CCCCCCC/C=C\C/C=C\CCCCC)OC(=O)CCCCCCCCCCCCC. The van der Waals surface area contributed by atoms with Gasteiger partial charge in [-0.05, 0) is 77.0 Å². The molecule has 56 heavy (non-hydrogen) atoms. The standard InChI is InChI=1S/C51H92O5/c1-4-7-10-13-16-19-22-24-26-27-30-32-35-38-41-44-50(52)55-48-49(56-51(53)45-42-39-36-33-29-21-18-15-12-9-6-3)47-54-46-43-40-37-34-31-28-25-23-20-17-14-11-8-5-2/h11,14,16,19-20,23-24,26,49H,4-10,12-13,15,17-18,21-22,25,27-48H2,1-3H3/b14-11-,19-16-,23-20-,26-24-. The van der Waals surface area contributed by atoms with Crippen LogP contribution in [0.15, 0.2) is 48.6 Å². The van der Waals surface area contributed by atoms with E-state index in [2.05, 4.69) is 69.4 Å². The van der Waals surface area contributed by atoms with Gasteiger partial charge < -0.3 is 14.2 Å². The summed E-state index contributed by atoms with van der Waals surface area (Å²) in [5.41, 5.74) is 0. The third-order valence-electron chi connectivity index (χ3n) is 10.3. The minimum Gasteiger partial charge on any atom is -0.462 e. The third kappa shape index (κ3) is 44.6. The van der Waals surface area contributed by atoms with Crippen LogP contribution in [-0.4, -0.2) is 37.9 Å². The lowest BCUT2D eigenvalue weighted by Crippen LogP contribution is -2.30. The van der Waals surface area contributed by atoms with E-state index in [1.54, 1.807) is 0 Å². The second kappa shape index (κ2) is 47.2. The van der Waals surface area contributed by atoms with Gasteiger partial charge in [0, 0.05) is 19.4 Å². The molecule has 0 N–H and O–H groups in total.